The standard InChI is InChI=1S/C10H9N3O4S/c14-13(15)8-3-4-9-10(5-8)18(16,17)11-6-12(9)7-1-2-7/h3-7H,1-2H2. The minimum atomic E-state index is -3.81. The fourth-order valence-electron chi connectivity index (χ4n) is 1.91. The van der Waals surface area contributed by atoms with Crippen LogP contribution in [-0.4, -0.2) is 25.7 Å². The molecular formula is C10H9N3O4S. The summed E-state index contributed by atoms with van der Waals surface area (Å²) in [6.45, 7) is 0. The van der Waals surface area contributed by atoms with E-state index in [1.807, 2.05) is 0 Å². The lowest BCUT2D eigenvalue weighted by Crippen LogP contribution is -2.29. The molecule has 1 fully saturated rings. The van der Waals surface area contributed by atoms with Crippen molar-refractivity contribution in [2.75, 3.05) is 4.90 Å². The van der Waals surface area contributed by atoms with Crippen LogP contribution >= 0.6 is 0 Å². The second-order valence-corrected chi connectivity index (χ2v) is 5.84. The normalized spacial score (nSPS) is 20.6. The number of rotatable bonds is 2. The van der Waals surface area contributed by atoms with E-state index in [1.54, 1.807) is 4.90 Å². The molecule has 0 N–H and O–H groups in total. The average molecular weight is 267 g/mol. The maximum Gasteiger partial charge on any atom is 0.286 e. The van der Waals surface area contributed by atoms with Gasteiger partial charge in [0.2, 0.25) is 0 Å². The maximum atomic E-state index is 11.8. The zero-order chi connectivity index (χ0) is 12.9. The molecule has 3 rings (SSSR count). The van der Waals surface area contributed by atoms with Crippen LogP contribution in [0.3, 0.4) is 0 Å². The van der Waals surface area contributed by atoms with Gasteiger partial charge in [0, 0.05) is 18.2 Å². The molecule has 0 atom stereocenters. The van der Waals surface area contributed by atoms with Gasteiger partial charge >= 0.3 is 0 Å². The summed E-state index contributed by atoms with van der Waals surface area (Å²) in [4.78, 5) is 11.7. The number of fused-ring (bicyclic) bond motifs is 1. The van der Waals surface area contributed by atoms with Crippen molar-refractivity contribution in [1.29, 1.82) is 0 Å². The van der Waals surface area contributed by atoms with Crippen LogP contribution in [0.5, 0.6) is 0 Å². The summed E-state index contributed by atoms with van der Waals surface area (Å²) >= 11 is 0. The molecule has 1 aliphatic carbocycles. The van der Waals surface area contributed by atoms with Gasteiger partial charge in [-0.05, 0) is 18.9 Å². The second kappa shape index (κ2) is 3.52. The summed E-state index contributed by atoms with van der Waals surface area (Å²) in [5, 5.41) is 10.7. The highest BCUT2D eigenvalue weighted by atomic mass is 32.2. The van der Waals surface area contributed by atoms with Crippen molar-refractivity contribution in [2.24, 2.45) is 4.40 Å². The SMILES string of the molecule is O=[N+]([O-])c1ccc2c(c1)S(=O)(=O)N=CN2C1CC1. The van der Waals surface area contributed by atoms with Crippen LogP contribution in [0.2, 0.25) is 0 Å². The Hall–Kier alpha value is -1.96. The van der Waals surface area contributed by atoms with Gasteiger partial charge in [0.15, 0.2) is 0 Å². The molecule has 1 heterocycles. The zero-order valence-corrected chi connectivity index (χ0v) is 10.0. The van der Waals surface area contributed by atoms with Gasteiger partial charge in [-0.25, -0.2) is 0 Å². The molecule has 18 heavy (non-hydrogen) atoms. The van der Waals surface area contributed by atoms with Gasteiger partial charge in [0.25, 0.3) is 15.7 Å². The third kappa shape index (κ3) is 1.65. The molecule has 0 radical (unpaired) electrons. The molecule has 0 spiro atoms. The average Bonchev–Trinajstić information content (AvgIpc) is 3.13. The predicted octanol–water partition coefficient (Wildman–Crippen LogP) is 1.29. The first-order valence-corrected chi connectivity index (χ1v) is 6.80. The number of nitrogens with zero attached hydrogens (tertiary/aromatic N) is 3. The first-order valence-electron chi connectivity index (χ1n) is 5.36. The van der Waals surface area contributed by atoms with E-state index in [-0.39, 0.29) is 16.6 Å². The zero-order valence-electron chi connectivity index (χ0n) is 9.18. The van der Waals surface area contributed by atoms with E-state index < -0.39 is 14.9 Å². The quantitative estimate of drug-likeness (QED) is 0.594. The summed E-state index contributed by atoms with van der Waals surface area (Å²) in [5.74, 6) is 0. The second-order valence-electron chi connectivity index (χ2n) is 4.24. The summed E-state index contributed by atoms with van der Waals surface area (Å²) < 4.78 is 27.1. The Morgan fingerprint density at radius 3 is 2.72 bits per heavy atom. The fourth-order valence-corrected chi connectivity index (χ4v) is 2.96. The van der Waals surface area contributed by atoms with Crippen LogP contribution in [0.4, 0.5) is 11.4 Å². The minimum Gasteiger partial charge on any atom is -0.327 e. The van der Waals surface area contributed by atoms with E-state index in [4.69, 9.17) is 0 Å². The first kappa shape index (κ1) is 11.1. The largest absolute Gasteiger partial charge is 0.327 e. The molecule has 94 valence electrons. The lowest BCUT2D eigenvalue weighted by Gasteiger charge is -2.24. The van der Waals surface area contributed by atoms with Crippen LogP contribution in [0.25, 0.3) is 0 Å². The number of anilines is 1. The lowest BCUT2D eigenvalue weighted by atomic mass is 10.2. The predicted molar refractivity (Wildman–Crippen MR) is 64.3 cm³/mol. The van der Waals surface area contributed by atoms with E-state index >= 15 is 0 Å². The number of nitro groups is 1. The smallest absolute Gasteiger partial charge is 0.286 e. The number of nitro benzene ring substituents is 1. The van der Waals surface area contributed by atoms with Crippen LogP contribution in [0.15, 0.2) is 27.5 Å². The molecule has 0 amide bonds. The molecule has 8 heteroatoms. The van der Waals surface area contributed by atoms with Crippen LogP contribution in [0.1, 0.15) is 12.8 Å². The highest BCUT2D eigenvalue weighted by Gasteiger charge is 2.35. The van der Waals surface area contributed by atoms with Gasteiger partial charge in [-0.1, -0.05) is 0 Å². The Morgan fingerprint density at radius 2 is 2.11 bits per heavy atom. The van der Waals surface area contributed by atoms with Crippen molar-refractivity contribution < 1.29 is 13.3 Å². The van der Waals surface area contributed by atoms with E-state index in [1.165, 1.54) is 18.5 Å². The van der Waals surface area contributed by atoms with Crippen LogP contribution < -0.4 is 4.90 Å². The van der Waals surface area contributed by atoms with Crippen molar-refractivity contribution in [3.8, 4) is 0 Å². The molecule has 7 nitrogen and oxygen atoms in total. The summed E-state index contributed by atoms with van der Waals surface area (Å²) in [6, 6.07) is 4.10. The molecular weight excluding hydrogens is 258 g/mol. The Labute approximate surface area is 103 Å². The van der Waals surface area contributed by atoms with Gasteiger partial charge in [-0.15, -0.1) is 4.40 Å². The van der Waals surface area contributed by atoms with Crippen molar-refractivity contribution in [3.05, 3.63) is 28.3 Å². The van der Waals surface area contributed by atoms with Gasteiger partial charge in [-0.3, -0.25) is 10.1 Å². The number of benzene rings is 1. The monoisotopic (exact) mass is 267 g/mol. The van der Waals surface area contributed by atoms with Gasteiger partial charge < -0.3 is 4.90 Å². The van der Waals surface area contributed by atoms with Gasteiger partial charge in [0.1, 0.15) is 11.2 Å². The van der Waals surface area contributed by atoms with Crippen LogP contribution in [0, 0.1) is 10.1 Å². The number of sulfonamides is 1. The fraction of sp³-hybridized carbons (Fsp3) is 0.300. The molecule has 0 saturated heterocycles. The van der Waals surface area contributed by atoms with Crippen molar-refractivity contribution in [1.82, 2.24) is 0 Å². The van der Waals surface area contributed by atoms with Crippen molar-refractivity contribution >= 4 is 27.7 Å². The molecule has 0 bridgehead atoms. The molecule has 2 aliphatic rings. The Balaban J connectivity index is 2.19. The van der Waals surface area contributed by atoms with E-state index in [9.17, 15) is 18.5 Å². The maximum absolute atomic E-state index is 11.8. The van der Waals surface area contributed by atoms with Crippen molar-refractivity contribution in [2.45, 2.75) is 23.8 Å². The van der Waals surface area contributed by atoms with E-state index in [2.05, 4.69) is 4.40 Å². The Morgan fingerprint density at radius 1 is 1.39 bits per heavy atom. The summed E-state index contributed by atoms with van der Waals surface area (Å²) in [6.07, 6.45) is 3.24. The summed E-state index contributed by atoms with van der Waals surface area (Å²) in [7, 11) is -3.81. The summed E-state index contributed by atoms with van der Waals surface area (Å²) in [5.41, 5.74) is 0.225. The molecule has 0 aromatic heterocycles. The lowest BCUT2D eigenvalue weighted by molar-refractivity contribution is -0.385. The topological polar surface area (TPSA) is 92.9 Å². The van der Waals surface area contributed by atoms with Crippen molar-refractivity contribution in [3.63, 3.8) is 0 Å². The van der Waals surface area contributed by atoms with E-state index in [0.717, 1.165) is 18.9 Å². The highest BCUT2D eigenvalue weighted by Crippen LogP contribution is 2.38. The van der Waals surface area contributed by atoms with Gasteiger partial charge in [-0.2, -0.15) is 8.42 Å². The van der Waals surface area contributed by atoms with E-state index in [0.29, 0.717) is 5.69 Å². The Bertz CT molecular complexity index is 664. The minimum absolute atomic E-state index is 0.0916. The van der Waals surface area contributed by atoms with Crippen LogP contribution in [-0.2, 0) is 10.0 Å². The first-order chi connectivity index (χ1) is 8.49. The number of hydrogen-bond acceptors (Lipinski definition) is 5. The molecule has 0 unspecified atom stereocenters. The third-order valence-electron chi connectivity index (χ3n) is 2.96. The molecule has 1 aromatic carbocycles. The number of hydrogen-bond donors (Lipinski definition) is 0. The van der Waals surface area contributed by atoms with Gasteiger partial charge in [0.05, 0.1) is 10.6 Å². The molecule has 1 aliphatic heterocycles. The number of non-ortho nitro benzene ring substituents is 1. The molecule has 1 saturated carbocycles. The molecule has 1 aromatic rings. The third-order valence-corrected chi connectivity index (χ3v) is 4.22. The Kier molecular flexibility index (Phi) is 2.18. The highest BCUT2D eigenvalue weighted by molar-refractivity contribution is 7.90.